The molecule has 0 aromatic rings. The van der Waals surface area contributed by atoms with Gasteiger partial charge in [-0.1, -0.05) is 25.2 Å². The number of aliphatic hydroxyl groups is 2. The van der Waals surface area contributed by atoms with Gasteiger partial charge in [-0.3, -0.25) is 0 Å². The average Bonchev–Trinajstić information content (AvgIpc) is 2.98. The van der Waals surface area contributed by atoms with Crippen LogP contribution in [0, 0.1) is 35.0 Å². The number of hydrogen-bond acceptors (Lipinski definition) is 3. The van der Waals surface area contributed by atoms with Gasteiger partial charge in [-0.2, -0.15) is 0 Å². The van der Waals surface area contributed by atoms with Gasteiger partial charge >= 0.3 is 0 Å². The van der Waals surface area contributed by atoms with E-state index in [4.69, 9.17) is 4.74 Å². The van der Waals surface area contributed by atoms with Crippen LogP contribution in [0.4, 0.5) is 0 Å². The van der Waals surface area contributed by atoms with E-state index in [0.717, 1.165) is 42.6 Å². The molecule has 4 aliphatic carbocycles. The highest BCUT2D eigenvalue weighted by Gasteiger charge is 2.56. The maximum atomic E-state index is 10.8. The van der Waals surface area contributed by atoms with Crippen LogP contribution < -0.4 is 0 Å². The van der Waals surface area contributed by atoms with Crippen LogP contribution in [-0.2, 0) is 4.74 Å². The van der Waals surface area contributed by atoms with Crippen LogP contribution in [0.15, 0.2) is 23.8 Å². The van der Waals surface area contributed by atoms with E-state index in [9.17, 15) is 10.2 Å². The van der Waals surface area contributed by atoms with E-state index in [0.29, 0.717) is 23.9 Å². The molecule has 0 spiro atoms. The van der Waals surface area contributed by atoms with Crippen molar-refractivity contribution in [1.29, 1.82) is 0 Å². The fourth-order valence-electron chi connectivity index (χ4n) is 7.54. The van der Waals surface area contributed by atoms with E-state index < -0.39 is 5.60 Å². The highest BCUT2D eigenvalue weighted by molar-refractivity contribution is 5.23. The molecule has 0 saturated heterocycles. The summed E-state index contributed by atoms with van der Waals surface area (Å²) in [6.07, 6.45) is 11.5. The number of ether oxygens (including phenoxy) is 1. The molecule has 146 valence electrons. The predicted molar refractivity (Wildman–Crippen MR) is 104 cm³/mol. The summed E-state index contributed by atoms with van der Waals surface area (Å²) in [6, 6.07) is 0. The summed E-state index contributed by atoms with van der Waals surface area (Å²) in [5, 5.41) is 20.5. The van der Waals surface area contributed by atoms with Crippen LogP contribution in [0.1, 0.15) is 58.3 Å². The monoisotopic (exact) mass is 360 g/mol. The van der Waals surface area contributed by atoms with Crippen LogP contribution in [-0.4, -0.2) is 36.1 Å². The van der Waals surface area contributed by atoms with Crippen molar-refractivity contribution in [3.63, 3.8) is 0 Å². The number of aliphatic hydroxyl groups excluding tert-OH is 1. The summed E-state index contributed by atoms with van der Waals surface area (Å²) < 4.78 is 5.28. The maximum absolute atomic E-state index is 10.8. The Morgan fingerprint density at radius 1 is 1.23 bits per heavy atom. The summed E-state index contributed by atoms with van der Waals surface area (Å²) in [5.74, 6) is 3.53. The normalized spacial score (nSPS) is 47.5. The van der Waals surface area contributed by atoms with Gasteiger partial charge in [0.1, 0.15) is 0 Å². The van der Waals surface area contributed by atoms with Crippen molar-refractivity contribution in [1.82, 2.24) is 0 Å². The molecule has 0 unspecified atom stereocenters. The second-order valence-electron chi connectivity index (χ2n) is 9.92. The molecule has 3 fully saturated rings. The van der Waals surface area contributed by atoms with Gasteiger partial charge in [-0.05, 0) is 91.9 Å². The predicted octanol–water partition coefficient (Wildman–Crippen LogP) is 4.10. The quantitative estimate of drug-likeness (QED) is 0.742. The molecule has 3 saturated carbocycles. The Morgan fingerprint density at radius 3 is 2.77 bits per heavy atom. The van der Waals surface area contributed by atoms with Gasteiger partial charge in [0.25, 0.3) is 0 Å². The maximum Gasteiger partial charge on any atom is 0.0917 e. The summed E-state index contributed by atoms with van der Waals surface area (Å²) in [6.45, 7) is 7.27. The first-order chi connectivity index (χ1) is 12.4. The number of allylic oxidation sites excluding steroid dienone is 1. The van der Waals surface area contributed by atoms with E-state index in [1.54, 1.807) is 7.11 Å². The summed E-state index contributed by atoms with van der Waals surface area (Å²) in [4.78, 5) is 0. The zero-order valence-corrected chi connectivity index (χ0v) is 16.5. The van der Waals surface area contributed by atoms with Gasteiger partial charge < -0.3 is 14.9 Å². The first-order valence-electron chi connectivity index (χ1n) is 10.6. The zero-order valence-electron chi connectivity index (χ0n) is 16.5. The lowest BCUT2D eigenvalue weighted by Crippen LogP contribution is -2.48. The zero-order chi connectivity index (χ0) is 18.5. The number of rotatable bonds is 4. The Labute approximate surface area is 158 Å². The summed E-state index contributed by atoms with van der Waals surface area (Å²) in [5.41, 5.74) is 2.25. The molecule has 3 nitrogen and oxygen atoms in total. The van der Waals surface area contributed by atoms with E-state index in [1.807, 2.05) is 0 Å². The van der Waals surface area contributed by atoms with Gasteiger partial charge in [0.05, 0.1) is 18.8 Å². The largest absolute Gasteiger partial charge is 0.392 e. The second kappa shape index (κ2) is 6.76. The van der Waals surface area contributed by atoms with Gasteiger partial charge in [0, 0.05) is 7.11 Å². The number of fused-ring (bicyclic) bond motifs is 5. The fraction of sp³-hybridized carbons (Fsp3) is 0.826. The number of hydrogen-bond donors (Lipinski definition) is 2. The third-order valence-corrected chi connectivity index (χ3v) is 8.70. The lowest BCUT2D eigenvalue weighted by molar-refractivity contribution is -0.0677. The SMILES string of the molecule is C=C(CO)[C@H]1CC[C@H]2[C@@H]3CC=C4C[C@](O)(COC)CC[C@@H]4[C@H]3CC[C@]12C. The standard InChI is InChI=1S/C23H36O3/c1-15(13-24)20-6-7-21-19-5-4-16-12-23(25,14-26-3)11-9-17(16)18(19)8-10-22(20,21)2/h4,17-21,24-25H,1,5-14H2,2-3H3/t17-,18+,19+,20+,21-,22+,23-/m0/s1. The van der Waals surface area contributed by atoms with Crippen molar-refractivity contribution in [2.24, 2.45) is 35.0 Å². The van der Waals surface area contributed by atoms with Crippen molar-refractivity contribution in [2.45, 2.75) is 63.9 Å². The van der Waals surface area contributed by atoms with E-state index in [1.165, 1.54) is 37.7 Å². The molecule has 0 bridgehead atoms. The molecule has 7 atom stereocenters. The van der Waals surface area contributed by atoms with Crippen LogP contribution >= 0.6 is 0 Å². The smallest absolute Gasteiger partial charge is 0.0917 e. The molecule has 4 rings (SSSR count). The van der Waals surface area contributed by atoms with Crippen molar-refractivity contribution in [2.75, 3.05) is 20.3 Å². The molecular weight excluding hydrogens is 324 g/mol. The minimum absolute atomic E-state index is 0.145. The van der Waals surface area contributed by atoms with Gasteiger partial charge in [0.2, 0.25) is 0 Å². The molecule has 0 aromatic heterocycles. The summed E-state index contributed by atoms with van der Waals surface area (Å²) >= 11 is 0. The average molecular weight is 361 g/mol. The highest BCUT2D eigenvalue weighted by atomic mass is 16.5. The minimum Gasteiger partial charge on any atom is -0.392 e. The van der Waals surface area contributed by atoms with Crippen LogP contribution in [0.25, 0.3) is 0 Å². The van der Waals surface area contributed by atoms with E-state index in [2.05, 4.69) is 19.6 Å². The third kappa shape index (κ3) is 2.82. The van der Waals surface area contributed by atoms with Crippen molar-refractivity contribution < 1.29 is 14.9 Å². The lowest BCUT2D eigenvalue weighted by Gasteiger charge is -2.54. The molecule has 0 aromatic carbocycles. The Kier molecular flexibility index (Phi) is 4.86. The molecule has 0 amide bonds. The van der Waals surface area contributed by atoms with Crippen molar-refractivity contribution >= 4 is 0 Å². The Morgan fingerprint density at radius 2 is 2.04 bits per heavy atom. The molecule has 0 radical (unpaired) electrons. The molecule has 4 aliphatic rings. The fourth-order valence-corrected chi connectivity index (χ4v) is 7.54. The van der Waals surface area contributed by atoms with Crippen molar-refractivity contribution in [3.8, 4) is 0 Å². The molecular formula is C23H36O3. The van der Waals surface area contributed by atoms with Crippen LogP contribution in [0.5, 0.6) is 0 Å². The summed E-state index contributed by atoms with van der Waals surface area (Å²) in [7, 11) is 1.69. The molecule has 0 aliphatic heterocycles. The van der Waals surface area contributed by atoms with E-state index >= 15 is 0 Å². The first-order valence-corrected chi connectivity index (χ1v) is 10.6. The third-order valence-electron chi connectivity index (χ3n) is 8.70. The lowest BCUT2D eigenvalue weighted by atomic mass is 9.51. The minimum atomic E-state index is -0.648. The van der Waals surface area contributed by atoms with Gasteiger partial charge in [0.15, 0.2) is 0 Å². The van der Waals surface area contributed by atoms with Gasteiger partial charge in [-0.15, -0.1) is 0 Å². The Balaban J connectivity index is 1.55. The Hall–Kier alpha value is -0.640. The molecule has 26 heavy (non-hydrogen) atoms. The van der Waals surface area contributed by atoms with Crippen LogP contribution in [0.2, 0.25) is 0 Å². The molecule has 0 heterocycles. The number of methoxy groups -OCH3 is 1. The first kappa shape index (κ1) is 18.7. The second-order valence-corrected chi connectivity index (χ2v) is 9.92. The highest BCUT2D eigenvalue weighted by Crippen LogP contribution is 2.64. The van der Waals surface area contributed by atoms with Crippen molar-refractivity contribution in [3.05, 3.63) is 23.8 Å². The van der Waals surface area contributed by atoms with Gasteiger partial charge in [-0.25, -0.2) is 0 Å². The molecule has 3 heteroatoms. The topological polar surface area (TPSA) is 49.7 Å². The van der Waals surface area contributed by atoms with E-state index in [-0.39, 0.29) is 6.61 Å². The molecule has 2 N–H and O–H groups in total. The van der Waals surface area contributed by atoms with Crippen LogP contribution in [0.3, 0.4) is 0 Å². The Bertz CT molecular complexity index is 596.